The van der Waals surface area contributed by atoms with E-state index in [0.717, 1.165) is 33.8 Å². The van der Waals surface area contributed by atoms with Crippen LogP contribution in [0.4, 0.5) is 5.69 Å². The van der Waals surface area contributed by atoms with Crippen molar-refractivity contribution in [1.82, 2.24) is 4.98 Å². The maximum Gasteiger partial charge on any atom is 0.0813 e. The highest BCUT2D eigenvalue weighted by Crippen LogP contribution is 2.30. The Bertz CT molecular complexity index is 383. The van der Waals surface area contributed by atoms with Gasteiger partial charge in [0.2, 0.25) is 0 Å². The first-order chi connectivity index (χ1) is 6.49. The lowest BCUT2D eigenvalue weighted by atomic mass is 10.1. The molecule has 76 valence electrons. The van der Waals surface area contributed by atoms with Crippen molar-refractivity contribution in [3.63, 3.8) is 0 Å². The van der Waals surface area contributed by atoms with E-state index in [-0.39, 0.29) is 0 Å². The fourth-order valence-corrected chi connectivity index (χ4v) is 1.59. The van der Waals surface area contributed by atoms with Crippen molar-refractivity contribution in [2.45, 2.75) is 32.1 Å². The number of nitrogens with zero attached hydrogens (tertiary/aromatic N) is 1. The van der Waals surface area contributed by atoms with Crippen molar-refractivity contribution < 1.29 is 0 Å². The molecule has 0 aliphatic heterocycles. The first kappa shape index (κ1) is 11.1. The lowest BCUT2D eigenvalue weighted by Crippen LogP contribution is -2.02. The van der Waals surface area contributed by atoms with Crippen molar-refractivity contribution in [3.05, 3.63) is 23.5 Å². The van der Waals surface area contributed by atoms with Crippen molar-refractivity contribution in [2.24, 2.45) is 0 Å². The van der Waals surface area contributed by atoms with Gasteiger partial charge in [0.15, 0.2) is 0 Å². The Kier molecular flexibility index (Phi) is 3.21. The van der Waals surface area contributed by atoms with E-state index in [0.29, 0.717) is 5.69 Å². The molecule has 0 unspecified atom stereocenters. The molecule has 0 atom stereocenters. The van der Waals surface area contributed by atoms with Gasteiger partial charge < -0.3 is 5.73 Å². The quantitative estimate of drug-likeness (QED) is 0.733. The lowest BCUT2D eigenvalue weighted by Gasteiger charge is -2.12. The second-order valence-corrected chi connectivity index (χ2v) is 3.84. The van der Waals surface area contributed by atoms with Gasteiger partial charge in [-0.3, -0.25) is 4.98 Å². The standard InChI is InChI=1S/C11H16N2S/c1-5-6(2)10-11(14)9(12)7(3)8(4)13-10/h14H,2,5H2,1,3-4H3,(H2,12,13). The normalized spacial score (nSPS) is 10.3. The minimum absolute atomic E-state index is 0.713. The Morgan fingerprint density at radius 3 is 2.57 bits per heavy atom. The summed E-state index contributed by atoms with van der Waals surface area (Å²) in [5.74, 6) is 0. The van der Waals surface area contributed by atoms with Crippen LogP contribution in [0.2, 0.25) is 0 Å². The molecule has 0 amide bonds. The van der Waals surface area contributed by atoms with Crippen molar-refractivity contribution in [3.8, 4) is 0 Å². The summed E-state index contributed by atoms with van der Waals surface area (Å²) in [6.45, 7) is 9.90. The van der Waals surface area contributed by atoms with Crippen molar-refractivity contribution in [1.29, 1.82) is 0 Å². The number of nitrogens with two attached hydrogens (primary N) is 1. The average molecular weight is 208 g/mol. The van der Waals surface area contributed by atoms with Gasteiger partial charge in [-0.2, -0.15) is 0 Å². The average Bonchev–Trinajstić information content (AvgIpc) is 2.19. The van der Waals surface area contributed by atoms with Crippen molar-refractivity contribution >= 4 is 23.9 Å². The molecule has 0 aromatic carbocycles. The van der Waals surface area contributed by atoms with Crippen LogP contribution in [0.1, 0.15) is 30.3 Å². The summed E-state index contributed by atoms with van der Waals surface area (Å²) in [5.41, 5.74) is 10.4. The van der Waals surface area contributed by atoms with E-state index < -0.39 is 0 Å². The molecule has 0 bridgehead atoms. The van der Waals surface area contributed by atoms with E-state index in [4.69, 9.17) is 5.73 Å². The highest BCUT2D eigenvalue weighted by Gasteiger charge is 2.11. The number of pyridine rings is 1. The SMILES string of the molecule is C=C(CC)c1nc(C)c(C)c(N)c1S. The summed E-state index contributed by atoms with van der Waals surface area (Å²) in [7, 11) is 0. The van der Waals surface area contributed by atoms with Gasteiger partial charge in [-0.1, -0.05) is 13.5 Å². The molecule has 0 aliphatic carbocycles. The third kappa shape index (κ3) is 1.77. The molecule has 0 radical (unpaired) electrons. The van der Waals surface area contributed by atoms with Crippen molar-refractivity contribution in [2.75, 3.05) is 5.73 Å². The zero-order valence-corrected chi connectivity index (χ0v) is 9.78. The van der Waals surface area contributed by atoms with Crippen LogP contribution in [0.5, 0.6) is 0 Å². The number of hydrogen-bond donors (Lipinski definition) is 2. The number of hydrogen-bond acceptors (Lipinski definition) is 3. The molecule has 3 heteroatoms. The third-order valence-electron chi connectivity index (χ3n) is 2.47. The zero-order chi connectivity index (χ0) is 10.9. The van der Waals surface area contributed by atoms with Crippen LogP contribution in [0.25, 0.3) is 5.57 Å². The Balaban J connectivity index is 3.40. The van der Waals surface area contributed by atoms with Gasteiger partial charge in [0, 0.05) is 5.69 Å². The number of nitrogen functional groups attached to an aromatic ring is 1. The summed E-state index contributed by atoms with van der Waals surface area (Å²) in [5, 5.41) is 0. The second kappa shape index (κ2) is 4.05. The Morgan fingerprint density at radius 1 is 1.50 bits per heavy atom. The van der Waals surface area contributed by atoms with E-state index in [1.54, 1.807) is 0 Å². The Morgan fingerprint density at radius 2 is 2.07 bits per heavy atom. The van der Waals surface area contributed by atoms with E-state index in [1.807, 2.05) is 20.8 Å². The molecule has 0 fully saturated rings. The number of thiol groups is 1. The first-order valence-corrected chi connectivity index (χ1v) is 5.07. The molecular weight excluding hydrogens is 192 g/mol. The van der Waals surface area contributed by atoms with E-state index in [2.05, 4.69) is 24.2 Å². The first-order valence-electron chi connectivity index (χ1n) is 4.62. The number of aromatic nitrogens is 1. The van der Waals surface area contributed by atoms with Gasteiger partial charge in [0.1, 0.15) is 0 Å². The van der Waals surface area contributed by atoms with Crippen LogP contribution in [0.15, 0.2) is 11.5 Å². The molecule has 2 N–H and O–H groups in total. The number of rotatable bonds is 2. The van der Waals surface area contributed by atoms with E-state index >= 15 is 0 Å². The monoisotopic (exact) mass is 208 g/mol. The summed E-state index contributed by atoms with van der Waals surface area (Å²) < 4.78 is 0. The smallest absolute Gasteiger partial charge is 0.0813 e. The van der Waals surface area contributed by atoms with Crippen LogP contribution >= 0.6 is 12.6 Å². The topological polar surface area (TPSA) is 38.9 Å². The number of allylic oxidation sites excluding steroid dienone is 1. The predicted octanol–water partition coefficient (Wildman–Crippen LogP) is 2.99. The van der Waals surface area contributed by atoms with E-state index in [1.165, 1.54) is 0 Å². The second-order valence-electron chi connectivity index (χ2n) is 3.39. The van der Waals surface area contributed by atoms with Gasteiger partial charge in [-0.05, 0) is 31.4 Å². The van der Waals surface area contributed by atoms with Gasteiger partial charge in [0.05, 0.1) is 16.3 Å². The summed E-state index contributed by atoms with van der Waals surface area (Å²) >= 11 is 4.37. The lowest BCUT2D eigenvalue weighted by molar-refractivity contribution is 1.06. The van der Waals surface area contributed by atoms with Crippen LogP contribution in [0, 0.1) is 13.8 Å². The Labute approximate surface area is 90.6 Å². The molecule has 0 spiro atoms. The molecule has 1 aromatic heterocycles. The molecule has 14 heavy (non-hydrogen) atoms. The Hall–Kier alpha value is -0.960. The minimum atomic E-state index is 0.713. The fourth-order valence-electron chi connectivity index (χ4n) is 1.22. The highest BCUT2D eigenvalue weighted by molar-refractivity contribution is 7.80. The summed E-state index contributed by atoms with van der Waals surface area (Å²) in [6.07, 6.45) is 0.864. The number of aryl methyl sites for hydroxylation is 1. The van der Waals surface area contributed by atoms with Gasteiger partial charge in [-0.15, -0.1) is 12.6 Å². The summed E-state index contributed by atoms with van der Waals surface area (Å²) in [4.78, 5) is 5.20. The maximum absolute atomic E-state index is 5.92. The largest absolute Gasteiger partial charge is 0.397 e. The molecule has 0 saturated heterocycles. The minimum Gasteiger partial charge on any atom is -0.397 e. The highest BCUT2D eigenvalue weighted by atomic mass is 32.1. The molecule has 2 nitrogen and oxygen atoms in total. The molecule has 1 heterocycles. The summed E-state index contributed by atoms with van der Waals surface area (Å²) in [6, 6.07) is 0. The molecule has 1 aromatic rings. The van der Waals surface area contributed by atoms with Crippen LogP contribution < -0.4 is 5.73 Å². The van der Waals surface area contributed by atoms with Crippen LogP contribution in [0.3, 0.4) is 0 Å². The van der Waals surface area contributed by atoms with E-state index in [9.17, 15) is 0 Å². The maximum atomic E-state index is 5.92. The molecule has 0 saturated carbocycles. The molecule has 0 aliphatic rings. The zero-order valence-electron chi connectivity index (χ0n) is 8.89. The predicted molar refractivity (Wildman–Crippen MR) is 64.7 cm³/mol. The molecule has 1 rings (SSSR count). The third-order valence-corrected chi connectivity index (χ3v) is 2.92. The number of anilines is 1. The van der Waals surface area contributed by atoms with Gasteiger partial charge in [-0.25, -0.2) is 0 Å². The van der Waals surface area contributed by atoms with Crippen LogP contribution in [-0.2, 0) is 0 Å². The fraction of sp³-hybridized carbons (Fsp3) is 0.364. The molecular formula is C11H16N2S. The van der Waals surface area contributed by atoms with Crippen LogP contribution in [-0.4, -0.2) is 4.98 Å². The van der Waals surface area contributed by atoms with Gasteiger partial charge >= 0.3 is 0 Å². The van der Waals surface area contributed by atoms with Gasteiger partial charge in [0.25, 0.3) is 0 Å².